The van der Waals surface area contributed by atoms with Gasteiger partial charge in [0.25, 0.3) is 5.95 Å². The number of hydrogen-bond donors (Lipinski definition) is 0. The van der Waals surface area contributed by atoms with E-state index >= 15 is 0 Å². The van der Waals surface area contributed by atoms with E-state index in [0.717, 1.165) is 0 Å². The summed E-state index contributed by atoms with van der Waals surface area (Å²) in [4.78, 5) is 0. The van der Waals surface area contributed by atoms with E-state index < -0.39 is 0 Å². The molecular formula is C10H12N2O2. The Balaban J connectivity index is 4.51. The molecule has 0 bridgehead atoms. The van der Waals surface area contributed by atoms with Gasteiger partial charge in [-0.25, -0.2) is 0 Å². The Kier molecular flexibility index (Phi) is 6.63. The van der Waals surface area contributed by atoms with E-state index in [9.17, 15) is 0 Å². The Hall–Kier alpha value is -1.94. The molecule has 4 heteroatoms. The number of ether oxygens (including phenoxy) is 2. The van der Waals surface area contributed by atoms with Crippen LogP contribution in [0.1, 0.15) is 13.8 Å². The van der Waals surface area contributed by atoms with E-state index in [2.05, 4.69) is 0 Å². The molecule has 0 heterocycles. The predicted octanol–water partition coefficient (Wildman–Crippen LogP) is 1.87. The second-order valence-electron chi connectivity index (χ2n) is 2.16. The van der Waals surface area contributed by atoms with Crippen molar-refractivity contribution < 1.29 is 9.47 Å². The summed E-state index contributed by atoms with van der Waals surface area (Å²) in [5.41, 5.74) is 0.0157. The number of nitrogens with zero attached hydrogens (tertiary/aromatic N) is 2. The summed E-state index contributed by atoms with van der Waals surface area (Å²) in [6, 6.07) is 3.47. The number of hydrogen-bond acceptors (Lipinski definition) is 4. The van der Waals surface area contributed by atoms with Crippen molar-refractivity contribution in [1.29, 1.82) is 10.5 Å². The van der Waals surface area contributed by atoms with Gasteiger partial charge in [-0.2, -0.15) is 10.5 Å². The van der Waals surface area contributed by atoms with E-state index in [1.807, 2.05) is 13.8 Å². The summed E-state index contributed by atoms with van der Waals surface area (Å²) >= 11 is 0. The Morgan fingerprint density at radius 2 is 1.57 bits per heavy atom. The van der Waals surface area contributed by atoms with Gasteiger partial charge in [0.2, 0.25) is 0 Å². The zero-order valence-corrected chi connectivity index (χ0v) is 8.28. The van der Waals surface area contributed by atoms with E-state index in [0.29, 0.717) is 19.2 Å². The van der Waals surface area contributed by atoms with E-state index in [1.165, 1.54) is 12.2 Å². The maximum Gasteiger partial charge on any atom is 0.279 e. The molecule has 0 unspecified atom stereocenters. The molecular weight excluding hydrogens is 180 g/mol. The monoisotopic (exact) mass is 192 g/mol. The quantitative estimate of drug-likeness (QED) is 0.379. The maximum atomic E-state index is 8.45. The first-order chi connectivity index (χ1) is 6.78. The fraction of sp³-hybridized carbons (Fsp3) is 0.400. The third-order valence-corrected chi connectivity index (χ3v) is 1.20. The fourth-order valence-electron chi connectivity index (χ4n) is 0.673. The molecule has 0 aromatic rings. The third-order valence-electron chi connectivity index (χ3n) is 1.20. The van der Waals surface area contributed by atoms with Crippen LogP contribution in [-0.2, 0) is 9.47 Å². The minimum Gasteiger partial charge on any atom is -0.466 e. The van der Waals surface area contributed by atoms with Gasteiger partial charge in [0.1, 0.15) is 17.7 Å². The molecule has 0 aliphatic heterocycles. The molecule has 0 rings (SSSR count). The highest BCUT2D eigenvalue weighted by atomic mass is 16.7. The molecule has 0 N–H and O–H groups in total. The standard InChI is InChI=1S/C10H12N2O2/c1-3-13-10(14-4-2)6-5-9(7-11)8-12/h5-6H,3-4H2,1-2H3. The minimum absolute atomic E-state index is 0.0157. The third kappa shape index (κ3) is 4.84. The normalized spacial score (nSPS) is 7.71. The van der Waals surface area contributed by atoms with Crippen LogP contribution in [0.2, 0.25) is 0 Å². The zero-order chi connectivity index (χ0) is 10.8. The Labute approximate surface area is 83.7 Å². The lowest BCUT2D eigenvalue weighted by atomic mass is 10.3. The van der Waals surface area contributed by atoms with E-state index in [-0.39, 0.29) is 5.57 Å². The second kappa shape index (κ2) is 7.70. The summed E-state index contributed by atoms with van der Waals surface area (Å²) in [6.07, 6.45) is 2.83. The van der Waals surface area contributed by atoms with Gasteiger partial charge in [0.05, 0.1) is 13.2 Å². The van der Waals surface area contributed by atoms with Crippen molar-refractivity contribution in [3.8, 4) is 12.1 Å². The highest BCUT2D eigenvalue weighted by molar-refractivity contribution is 5.37. The number of rotatable bonds is 5. The van der Waals surface area contributed by atoms with Crippen LogP contribution in [-0.4, -0.2) is 13.2 Å². The molecule has 14 heavy (non-hydrogen) atoms. The predicted molar refractivity (Wildman–Crippen MR) is 50.6 cm³/mol. The van der Waals surface area contributed by atoms with E-state index in [4.69, 9.17) is 20.0 Å². The second-order valence-corrected chi connectivity index (χ2v) is 2.16. The van der Waals surface area contributed by atoms with Crippen molar-refractivity contribution in [2.45, 2.75) is 13.8 Å². The van der Waals surface area contributed by atoms with Crippen LogP contribution in [0.4, 0.5) is 0 Å². The van der Waals surface area contributed by atoms with Gasteiger partial charge in [-0.3, -0.25) is 0 Å². The SMILES string of the molecule is CCOC(=CC=C(C#N)C#N)OCC. The van der Waals surface area contributed by atoms with Crippen molar-refractivity contribution >= 4 is 0 Å². The Bertz CT molecular complexity index is 281. The molecule has 0 saturated heterocycles. The topological polar surface area (TPSA) is 66.0 Å². The highest BCUT2D eigenvalue weighted by Gasteiger charge is 1.95. The molecule has 0 aromatic heterocycles. The van der Waals surface area contributed by atoms with Crippen LogP contribution >= 0.6 is 0 Å². The van der Waals surface area contributed by atoms with Gasteiger partial charge in [0.15, 0.2) is 0 Å². The van der Waals surface area contributed by atoms with Crippen LogP contribution in [0.5, 0.6) is 0 Å². The first-order valence-corrected chi connectivity index (χ1v) is 4.26. The number of nitriles is 2. The van der Waals surface area contributed by atoms with Gasteiger partial charge >= 0.3 is 0 Å². The summed E-state index contributed by atoms with van der Waals surface area (Å²) in [6.45, 7) is 4.61. The first kappa shape index (κ1) is 12.1. The molecule has 4 nitrogen and oxygen atoms in total. The van der Waals surface area contributed by atoms with Crippen molar-refractivity contribution in [1.82, 2.24) is 0 Å². The van der Waals surface area contributed by atoms with Gasteiger partial charge in [-0.1, -0.05) is 0 Å². The van der Waals surface area contributed by atoms with Crippen LogP contribution in [0.15, 0.2) is 23.7 Å². The van der Waals surface area contributed by atoms with Crippen LogP contribution in [0.3, 0.4) is 0 Å². The molecule has 0 spiro atoms. The highest BCUT2D eigenvalue weighted by Crippen LogP contribution is 2.01. The van der Waals surface area contributed by atoms with Gasteiger partial charge in [-0.15, -0.1) is 0 Å². The average Bonchev–Trinajstić information content (AvgIpc) is 2.20. The zero-order valence-electron chi connectivity index (χ0n) is 8.28. The van der Waals surface area contributed by atoms with Crippen molar-refractivity contribution in [3.05, 3.63) is 23.7 Å². The fourth-order valence-corrected chi connectivity index (χ4v) is 0.673. The molecule has 74 valence electrons. The van der Waals surface area contributed by atoms with Crippen LogP contribution in [0.25, 0.3) is 0 Å². The minimum atomic E-state index is 0.0157. The first-order valence-electron chi connectivity index (χ1n) is 4.26. The molecule has 0 fully saturated rings. The molecule has 0 aliphatic rings. The van der Waals surface area contributed by atoms with Gasteiger partial charge in [-0.05, 0) is 19.9 Å². The molecule has 0 atom stereocenters. The summed E-state index contributed by atoms with van der Waals surface area (Å²) in [5, 5.41) is 16.9. The van der Waals surface area contributed by atoms with Crippen molar-refractivity contribution in [2.24, 2.45) is 0 Å². The van der Waals surface area contributed by atoms with Crippen molar-refractivity contribution in [2.75, 3.05) is 13.2 Å². The molecule has 0 saturated carbocycles. The van der Waals surface area contributed by atoms with Gasteiger partial charge in [0, 0.05) is 6.08 Å². The van der Waals surface area contributed by atoms with Gasteiger partial charge < -0.3 is 9.47 Å². The smallest absolute Gasteiger partial charge is 0.279 e. The molecule has 0 radical (unpaired) electrons. The summed E-state index contributed by atoms with van der Waals surface area (Å²) < 4.78 is 10.2. The average molecular weight is 192 g/mol. The number of allylic oxidation sites excluding steroid dienone is 3. The summed E-state index contributed by atoms with van der Waals surface area (Å²) in [7, 11) is 0. The summed E-state index contributed by atoms with van der Waals surface area (Å²) in [5.74, 6) is 0.318. The maximum absolute atomic E-state index is 8.45. The largest absolute Gasteiger partial charge is 0.466 e. The Morgan fingerprint density at radius 1 is 1.07 bits per heavy atom. The van der Waals surface area contributed by atoms with Crippen molar-refractivity contribution in [3.63, 3.8) is 0 Å². The molecule has 0 amide bonds. The molecule has 0 aromatic carbocycles. The lowest BCUT2D eigenvalue weighted by molar-refractivity contribution is 0.0468. The Morgan fingerprint density at radius 3 is 1.93 bits per heavy atom. The molecule has 0 aliphatic carbocycles. The van der Waals surface area contributed by atoms with E-state index in [1.54, 1.807) is 12.1 Å². The van der Waals surface area contributed by atoms with Crippen LogP contribution in [0, 0.1) is 22.7 Å². The lowest BCUT2D eigenvalue weighted by Gasteiger charge is -2.06. The lowest BCUT2D eigenvalue weighted by Crippen LogP contribution is -1.96. The van der Waals surface area contributed by atoms with Crippen LogP contribution < -0.4 is 0 Å².